The average molecular weight is 946 g/mol. The fraction of sp³-hybridized carbons (Fsp3) is 0.786. The number of carbonyl (C=O) groups is 2. The van der Waals surface area contributed by atoms with Gasteiger partial charge in [0.15, 0.2) is 6.29 Å². The van der Waals surface area contributed by atoms with Gasteiger partial charge in [-0.2, -0.15) is 0 Å². The van der Waals surface area contributed by atoms with E-state index in [4.69, 9.17) is 14.2 Å². The van der Waals surface area contributed by atoms with Crippen molar-refractivity contribution in [1.82, 2.24) is 5.32 Å². The van der Waals surface area contributed by atoms with Crippen LogP contribution in [0.5, 0.6) is 0 Å². The van der Waals surface area contributed by atoms with Crippen LogP contribution in [-0.4, -0.2) is 100 Å². The largest absolute Gasteiger partial charge is 0.466 e. The van der Waals surface area contributed by atoms with Gasteiger partial charge in [-0.15, -0.1) is 0 Å². The van der Waals surface area contributed by atoms with Crippen LogP contribution in [-0.2, 0) is 23.8 Å². The first-order valence-electron chi connectivity index (χ1n) is 27.0. The minimum absolute atomic E-state index is 0.0321. The van der Waals surface area contributed by atoms with Gasteiger partial charge in [-0.1, -0.05) is 164 Å². The molecule has 0 aromatic rings. The maximum absolute atomic E-state index is 12.9. The number of rotatable bonds is 45. The van der Waals surface area contributed by atoms with Crippen molar-refractivity contribution in [3.8, 4) is 0 Å². The highest BCUT2D eigenvalue weighted by Gasteiger charge is 2.44. The molecule has 0 aromatic heterocycles. The van der Waals surface area contributed by atoms with E-state index >= 15 is 0 Å². The lowest BCUT2D eigenvalue weighted by Crippen LogP contribution is -2.60. The molecule has 7 unspecified atom stereocenters. The number of carbonyl (C=O) groups excluding carboxylic acids is 2. The van der Waals surface area contributed by atoms with Gasteiger partial charge in [0, 0.05) is 12.8 Å². The zero-order chi connectivity index (χ0) is 48.8. The summed E-state index contributed by atoms with van der Waals surface area (Å²) >= 11 is 0. The molecule has 1 aliphatic rings. The van der Waals surface area contributed by atoms with Gasteiger partial charge in [-0.25, -0.2) is 0 Å². The number of aliphatic hydroxyl groups is 5. The highest BCUT2D eigenvalue weighted by Crippen LogP contribution is 2.23. The Hall–Kier alpha value is -2.64. The lowest BCUT2D eigenvalue weighted by atomic mass is 9.99. The third-order valence-electron chi connectivity index (χ3n) is 12.4. The summed E-state index contributed by atoms with van der Waals surface area (Å²) in [6.45, 7) is 4.02. The topological polar surface area (TPSA) is 175 Å². The quantitative estimate of drug-likeness (QED) is 0.0196. The molecule has 1 saturated heterocycles. The summed E-state index contributed by atoms with van der Waals surface area (Å²) in [4.78, 5) is 25.0. The first-order chi connectivity index (χ1) is 32.7. The van der Waals surface area contributed by atoms with Gasteiger partial charge in [0.1, 0.15) is 24.4 Å². The van der Waals surface area contributed by atoms with Gasteiger partial charge < -0.3 is 45.1 Å². The molecule has 0 aliphatic carbocycles. The Kier molecular flexibility index (Phi) is 42.6. The lowest BCUT2D eigenvalue weighted by Gasteiger charge is -2.40. The fourth-order valence-corrected chi connectivity index (χ4v) is 8.05. The molecule has 1 aliphatic heterocycles. The van der Waals surface area contributed by atoms with Gasteiger partial charge >= 0.3 is 5.97 Å². The molecule has 0 radical (unpaired) electrons. The molecule has 388 valence electrons. The lowest BCUT2D eigenvalue weighted by molar-refractivity contribution is -0.302. The summed E-state index contributed by atoms with van der Waals surface area (Å²) in [5.41, 5.74) is 0. The highest BCUT2D eigenvalue weighted by molar-refractivity contribution is 5.76. The number of esters is 1. The first kappa shape index (κ1) is 62.4. The minimum Gasteiger partial charge on any atom is -0.466 e. The van der Waals surface area contributed by atoms with Crippen molar-refractivity contribution in [1.29, 1.82) is 0 Å². The molecular weight excluding hydrogens is 847 g/mol. The molecule has 0 bridgehead atoms. The second-order valence-electron chi connectivity index (χ2n) is 18.6. The van der Waals surface area contributed by atoms with Gasteiger partial charge in [-0.05, 0) is 103 Å². The molecule has 1 heterocycles. The van der Waals surface area contributed by atoms with E-state index in [-0.39, 0.29) is 18.5 Å². The average Bonchev–Trinajstić information content (AvgIpc) is 3.32. The van der Waals surface area contributed by atoms with E-state index in [1.807, 2.05) is 19.1 Å². The van der Waals surface area contributed by atoms with Crippen LogP contribution in [0.2, 0.25) is 0 Å². The first-order valence-corrected chi connectivity index (χ1v) is 27.0. The number of unbranched alkanes of at least 4 members (excludes halogenated alkanes) is 24. The van der Waals surface area contributed by atoms with Crippen molar-refractivity contribution >= 4 is 11.9 Å². The molecule has 7 atom stereocenters. The zero-order valence-electron chi connectivity index (χ0n) is 42.3. The Morgan fingerprint density at radius 3 is 1.57 bits per heavy atom. The maximum Gasteiger partial charge on any atom is 0.305 e. The van der Waals surface area contributed by atoms with Crippen molar-refractivity contribution in [3.63, 3.8) is 0 Å². The molecular formula is C56H99NO10. The summed E-state index contributed by atoms with van der Waals surface area (Å²) in [5.74, 6) is -0.251. The Morgan fingerprint density at radius 2 is 1.03 bits per heavy atom. The van der Waals surface area contributed by atoms with Crippen molar-refractivity contribution in [2.45, 2.75) is 262 Å². The predicted octanol–water partition coefficient (Wildman–Crippen LogP) is 11.5. The summed E-state index contributed by atoms with van der Waals surface area (Å²) in [7, 11) is 0. The highest BCUT2D eigenvalue weighted by atomic mass is 16.7. The number of ether oxygens (including phenoxy) is 3. The molecule has 6 N–H and O–H groups in total. The standard InChI is InChI=1S/C56H99NO10/c1-3-5-7-9-11-13-14-15-21-24-28-32-36-40-44-52(61)65-45-41-37-33-29-25-22-19-17-16-18-20-23-27-31-35-39-43-51(60)57-48(49(59)42-38-34-30-26-12-10-8-6-4-2)47-66-56-55(64)54(63)53(62)50(46-58)67-56/h4,6,12,14-16,18,26,38,42,48-50,53-56,58-59,62-64H,3,5,7-11,13,17,19-25,27-37,39-41,43-47H2,1-2H3,(H,57,60)/b6-4+,15-14-,18-16-,26-12+,42-38+. The van der Waals surface area contributed by atoms with Crippen molar-refractivity contribution in [3.05, 3.63) is 60.8 Å². The monoisotopic (exact) mass is 946 g/mol. The van der Waals surface area contributed by atoms with E-state index < -0.39 is 49.5 Å². The number of amides is 1. The summed E-state index contributed by atoms with van der Waals surface area (Å²) < 4.78 is 16.6. The van der Waals surface area contributed by atoms with E-state index in [9.17, 15) is 35.1 Å². The Balaban J connectivity index is 2.10. The van der Waals surface area contributed by atoms with Crippen LogP contribution in [0.25, 0.3) is 0 Å². The van der Waals surface area contributed by atoms with Crippen LogP contribution >= 0.6 is 0 Å². The number of hydrogen-bond acceptors (Lipinski definition) is 10. The molecule has 1 fully saturated rings. The van der Waals surface area contributed by atoms with E-state index in [2.05, 4.69) is 54.8 Å². The van der Waals surface area contributed by atoms with Crippen LogP contribution in [0.15, 0.2) is 60.8 Å². The van der Waals surface area contributed by atoms with Crippen LogP contribution in [0.4, 0.5) is 0 Å². The Labute approximate surface area is 408 Å². The zero-order valence-corrected chi connectivity index (χ0v) is 42.3. The molecule has 67 heavy (non-hydrogen) atoms. The minimum atomic E-state index is -1.59. The third-order valence-corrected chi connectivity index (χ3v) is 12.4. The van der Waals surface area contributed by atoms with Gasteiger partial charge in [0.25, 0.3) is 0 Å². The smallest absolute Gasteiger partial charge is 0.305 e. The van der Waals surface area contributed by atoms with E-state index in [0.717, 1.165) is 89.9 Å². The maximum atomic E-state index is 12.9. The Bertz CT molecular complexity index is 1300. The van der Waals surface area contributed by atoms with Gasteiger partial charge in [0.2, 0.25) is 5.91 Å². The number of aliphatic hydroxyl groups excluding tert-OH is 5. The van der Waals surface area contributed by atoms with Crippen molar-refractivity contribution < 1.29 is 49.3 Å². The molecule has 1 amide bonds. The van der Waals surface area contributed by atoms with Crippen LogP contribution in [0.3, 0.4) is 0 Å². The molecule has 0 aromatic carbocycles. The molecule has 11 heteroatoms. The van der Waals surface area contributed by atoms with Crippen LogP contribution < -0.4 is 5.32 Å². The van der Waals surface area contributed by atoms with Crippen LogP contribution in [0, 0.1) is 0 Å². The predicted molar refractivity (Wildman–Crippen MR) is 273 cm³/mol. The SMILES string of the molecule is C/C=C/CC/C=C/CC/C=C/C(O)C(COC1OC(CO)C(O)C(O)C1O)NC(=O)CCCCCCC/C=C\CCCCCCCCCOC(=O)CCCCCCC/C=C\CCCCCCC. The Morgan fingerprint density at radius 1 is 0.567 bits per heavy atom. The third kappa shape index (κ3) is 36.0. The molecule has 1 rings (SSSR count). The van der Waals surface area contributed by atoms with E-state index in [1.165, 1.54) is 96.3 Å². The van der Waals surface area contributed by atoms with Crippen molar-refractivity contribution in [2.75, 3.05) is 19.8 Å². The van der Waals surface area contributed by atoms with Gasteiger partial charge in [-0.3, -0.25) is 9.59 Å². The number of nitrogens with one attached hydrogen (secondary N) is 1. The number of hydrogen-bond donors (Lipinski definition) is 6. The molecule has 11 nitrogen and oxygen atoms in total. The normalized spacial score (nSPS) is 20.0. The molecule has 0 spiro atoms. The second-order valence-corrected chi connectivity index (χ2v) is 18.6. The van der Waals surface area contributed by atoms with E-state index in [0.29, 0.717) is 25.9 Å². The van der Waals surface area contributed by atoms with Crippen LogP contribution in [0.1, 0.15) is 219 Å². The number of allylic oxidation sites excluding steroid dienone is 9. The summed E-state index contributed by atoms with van der Waals surface area (Å²) in [5, 5.41) is 54.0. The van der Waals surface area contributed by atoms with E-state index in [1.54, 1.807) is 6.08 Å². The molecule has 0 saturated carbocycles. The summed E-state index contributed by atoms with van der Waals surface area (Å²) in [6.07, 6.45) is 47.6. The summed E-state index contributed by atoms with van der Waals surface area (Å²) in [6, 6.07) is -0.846. The second kappa shape index (κ2) is 45.8. The van der Waals surface area contributed by atoms with Gasteiger partial charge in [0.05, 0.1) is 32.0 Å². The fourth-order valence-electron chi connectivity index (χ4n) is 8.05. The van der Waals surface area contributed by atoms with Crippen molar-refractivity contribution in [2.24, 2.45) is 0 Å².